The highest BCUT2D eigenvalue weighted by Gasteiger charge is 2.01. The first-order chi connectivity index (χ1) is 11.7. The molecule has 122 valence electrons. The van der Waals surface area contributed by atoms with Gasteiger partial charge < -0.3 is 15.8 Å². The number of nitrogens with one attached hydrogen (secondary N) is 1. The van der Waals surface area contributed by atoms with E-state index in [2.05, 4.69) is 15.4 Å². The summed E-state index contributed by atoms with van der Waals surface area (Å²) in [6.07, 6.45) is 3.73. The molecule has 0 saturated heterocycles. The van der Waals surface area contributed by atoms with Crippen LogP contribution in [-0.4, -0.2) is 22.8 Å². The molecule has 1 aromatic heterocycles. The van der Waals surface area contributed by atoms with Crippen molar-refractivity contribution in [3.8, 4) is 11.4 Å². The summed E-state index contributed by atoms with van der Waals surface area (Å²) in [6, 6.07) is 17.4. The van der Waals surface area contributed by atoms with Crippen LogP contribution < -0.4 is 15.8 Å². The molecule has 0 amide bonds. The number of hydrogen-bond acceptors (Lipinski definition) is 3. The van der Waals surface area contributed by atoms with Crippen molar-refractivity contribution < 1.29 is 4.74 Å². The van der Waals surface area contributed by atoms with Crippen molar-refractivity contribution in [3.63, 3.8) is 0 Å². The third kappa shape index (κ3) is 3.92. The smallest absolute Gasteiger partial charge is 0.193 e. The standard InChI is InChI=1S/C18H19N5O/c1-24-17-9-7-15(8-10-17)22-18(19)20-11-14-12-21-23(13-14)16-5-3-2-4-6-16/h2-10,12-13H,11H2,1H3,(H3,19,20,22). The van der Waals surface area contributed by atoms with Gasteiger partial charge >= 0.3 is 0 Å². The number of guanidine groups is 1. The van der Waals surface area contributed by atoms with E-state index in [4.69, 9.17) is 10.5 Å². The SMILES string of the molecule is COc1ccc(NC(N)=NCc2cnn(-c3ccccc3)c2)cc1. The number of para-hydroxylation sites is 1. The molecule has 0 aliphatic carbocycles. The van der Waals surface area contributed by atoms with E-state index in [1.54, 1.807) is 13.3 Å². The van der Waals surface area contributed by atoms with E-state index < -0.39 is 0 Å². The summed E-state index contributed by atoms with van der Waals surface area (Å²) >= 11 is 0. The first-order valence-corrected chi connectivity index (χ1v) is 7.54. The molecule has 6 nitrogen and oxygen atoms in total. The summed E-state index contributed by atoms with van der Waals surface area (Å²) in [6.45, 7) is 0.460. The Bertz CT molecular complexity index is 809. The number of benzene rings is 2. The Morgan fingerprint density at radius 3 is 2.62 bits per heavy atom. The van der Waals surface area contributed by atoms with E-state index in [-0.39, 0.29) is 0 Å². The number of nitrogens with zero attached hydrogens (tertiary/aromatic N) is 3. The zero-order valence-corrected chi connectivity index (χ0v) is 13.4. The zero-order valence-electron chi connectivity index (χ0n) is 13.4. The monoisotopic (exact) mass is 321 g/mol. The number of aromatic nitrogens is 2. The van der Waals surface area contributed by atoms with Gasteiger partial charge in [-0.25, -0.2) is 9.67 Å². The molecule has 2 aromatic carbocycles. The molecule has 0 unspecified atom stereocenters. The van der Waals surface area contributed by atoms with E-state index >= 15 is 0 Å². The summed E-state index contributed by atoms with van der Waals surface area (Å²) < 4.78 is 6.94. The number of nitrogens with two attached hydrogens (primary N) is 1. The van der Waals surface area contributed by atoms with Crippen LogP contribution in [0.2, 0.25) is 0 Å². The van der Waals surface area contributed by atoms with Crippen LogP contribution >= 0.6 is 0 Å². The lowest BCUT2D eigenvalue weighted by Gasteiger charge is -2.06. The number of rotatable bonds is 5. The van der Waals surface area contributed by atoms with Gasteiger partial charge in [0.15, 0.2) is 5.96 Å². The second kappa shape index (κ2) is 7.32. The molecule has 3 aromatic rings. The summed E-state index contributed by atoms with van der Waals surface area (Å²) in [4.78, 5) is 4.34. The number of anilines is 1. The van der Waals surface area contributed by atoms with Gasteiger partial charge in [0.2, 0.25) is 0 Å². The lowest BCUT2D eigenvalue weighted by molar-refractivity contribution is 0.415. The lowest BCUT2D eigenvalue weighted by Crippen LogP contribution is -2.22. The largest absolute Gasteiger partial charge is 0.497 e. The van der Waals surface area contributed by atoms with Crippen LogP contribution in [0.5, 0.6) is 5.75 Å². The van der Waals surface area contributed by atoms with Crippen molar-refractivity contribution in [1.82, 2.24) is 9.78 Å². The number of aliphatic imine (C=N–C) groups is 1. The van der Waals surface area contributed by atoms with Crippen LogP contribution in [0, 0.1) is 0 Å². The van der Waals surface area contributed by atoms with Crippen LogP contribution in [-0.2, 0) is 6.54 Å². The topological polar surface area (TPSA) is 77.5 Å². The van der Waals surface area contributed by atoms with Gasteiger partial charge in [-0.2, -0.15) is 5.10 Å². The maximum absolute atomic E-state index is 5.92. The Kier molecular flexibility index (Phi) is 4.76. The quantitative estimate of drug-likeness (QED) is 0.559. The van der Waals surface area contributed by atoms with Gasteiger partial charge in [0.05, 0.1) is 25.5 Å². The molecule has 0 fully saturated rings. The highest BCUT2D eigenvalue weighted by Crippen LogP contribution is 2.14. The molecule has 0 spiro atoms. The van der Waals surface area contributed by atoms with Gasteiger partial charge in [-0.3, -0.25) is 0 Å². The minimum absolute atomic E-state index is 0.354. The van der Waals surface area contributed by atoms with E-state index in [1.165, 1.54) is 0 Å². The van der Waals surface area contributed by atoms with Gasteiger partial charge in [0, 0.05) is 17.4 Å². The van der Waals surface area contributed by atoms with Crippen molar-refractivity contribution in [2.24, 2.45) is 10.7 Å². The normalized spacial score (nSPS) is 11.3. The van der Waals surface area contributed by atoms with E-state index in [0.717, 1.165) is 22.7 Å². The molecule has 0 saturated carbocycles. The number of ether oxygens (including phenoxy) is 1. The summed E-state index contributed by atoms with van der Waals surface area (Å²) in [7, 11) is 1.63. The second-order valence-electron chi connectivity index (χ2n) is 5.18. The average Bonchev–Trinajstić information content (AvgIpc) is 3.10. The Morgan fingerprint density at radius 1 is 1.17 bits per heavy atom. The summed E-state index contributed by atoms with van der Waals surface area (Å²) in [5.74, 6) is 1.15. The third-order valence-electron chi connectivity index (χ3n) is 3.45. The van der Waals surface area contributed by atoms with E-state index in [9.17, 15) is 0 Å². The van der Waals surface area contributed by atoms with Gasteiger partial charge in [-0.05, 0) is 36.4 Å². The highest BCUT2D eigenvalue weighted by molar-refractivity contribution is 5.92. The molecule has 6 heteroatoms. The first kappa shape index (κ1) is 15.6. The lowest BCUT2D eigenvalue weighted by atomic mass is 10.3. The fraction of sp³-hybridized carbons (Fsp3) is 0.111. The summed E-state index contributed by atoms with van der Waals surface area (Å²) in [5, 5.41) is 7.39. The number of methoxy groups -OCH3 is 1. The fourth-order valence-electron chi connectivity index (χ4n) is 2.20. The van der Waals surface area contributed by atoms with E-state index in [1.807, 2.05) is 65.5 Å². The minimum atomic E-state index is 0.354. The Balaban J connectivity index is 1.61. The molecule has 0 atom stereocenters. The van der Waals surface area contributed by atoms with Gasteiger partial charge in [0.25, 0.3) is 0 Å². The van der Waals surface area contributed by atoms with Crippen LogP contribution in [0.25, 0.3) is 5.69 Å². The molecular formula is C18H19N5O. The Labute approximate surface area is 140 Å². The van der Waals surface area contributed by atoms with Gasteiger partial charge in [0.1, 0.15) is 5.75 Å². The minimum Gasteiger partial charge on any atom is -0.497 e. The van der Waals surface area contributed by atoms with Crippen molar-refractivity contribution >= 4 is 11.6 Å². The predicted molar refractivity (Wildman–Crippen MR) is 95.5 cm³/mol. The van der Waals surface area contributed by atoms with Crippen LogP contribution in [0.4, 0.5) is 5.69 Å². The van der Waals surface area contributed by atoms with Crippen LogP contribution in [0.1, 0.15) is 5.56 Å². The van der Waals surface area contributed by atoms with E-state index in [0.29, 0.717) is 12.5 Å². The maximum Gasteiger partial charge on any atom is 0.193 e. The Morgan fingerprint density at radius 2 is 1.92 bits per heavy atom. The highest BCUT2D eigenvalue weighted by atomic mass is 16.5. The summed E-state index contributed by atoms with van der Waals surface area (Å²) in [5.41, 5.74) is 8.78. The van der Waals surface area contributed by atoms with Crippen LogP contribution in [0.3, 0.4) is 0 Å². The van der Waals surface area contributed by atoms with Crippen molar-refractivity contribution in [1.29, 1.82) is 0 Å². The van der Waals surface area contributed by atoms with Gasteiger partial charge in [-0.15, -0.1) is 0 Å². The maximum atomic E-state index is 5.92. The number of hydrogen-bond donors (Lipinski definition) is 2. The molecule has 0 aliphatic rings. The second-order valence-corrected chi connectivity index (χ2v) is 5.18. The molecule has 3 rings (SSSR count). The fourth-order valence-corrected chi connectivity index (χ4v) is 2.20. The molecule has 1 heterocycles. The Hall–Kier alpha value is -3.28. The van der Waals surface area contributed by atoms with Crippen LogP contribution in [0.15, 0.2) is 72.0 Å². The van der Waals surface area contributed by atoms with Crippen molar-refractivity contribution in [2.75, 3.05) is 12.4 Å². The van der Waals surface area contributed by atoms with Crippen molar-refractivity contribution in [2.45, 2.75) is 6.54 Å². The molecule has 3 N–H and O–H groups in total. The van der Waals surface area contributed by atoms with Gasteiger partial charge in [-0.1, -0.05) is 18.2 Å². The third-order valence-corrected chi connectivity index (χ3v) is 3.45. The average molecular weight is 321 g/mol. The predicted octanol–water partition coefficient (Wildman–Crippen LogP) is 2.81. The molecule has 0 aliphatic heterocycles. The molecule has 0 radical (unpaired) electrons. The molecular weight excluding hydrogens is 302 g/mol. The molecule has 24 heavy (non-hydrogen) atoms. The molecule has 0 bridgehead atoms. The zero-order chi connectivity index (χ0) is 16.8. The van der Waals surface area contributed by atoms with Crippen molar-refractivity contribution in [3.05, 3.63) is 72.6 Å². The first-order valence-electron chi connectivity index (χ1n) is 7.54.